The number of aliphatic hydroxyl groups excluding tert-OH is 1. The number of carbonyl (C=O) groups is 1. The first-order valence-electron chi connectivity index (χ1n) is 10.7. The van der Waals surface area contributed by atoms with Gasteiger partial charge in [0, 0.05) is 18.1 Å². The maximum Gasteiger partial charge on any atom is 0.330 e. The first-order valence-corrected chi connectivity index (χ1v) is 10.7. The standard InChI is InChI=1S/C23H30O7/c1-3-26-21(25)10-9-17-16(24)11-12-23(2)20(28-17)13-18-19(30-23)14-27-22(29-18)15-7-5-4-6-8-15/h4-10,16-20,22,24H,3,11-14H2,1-2H3/b10-9+/t16-,17?,18+,19-,20-,22-,23+/m1/s1. The quantitative estimate of drug-likeness (QED) is 0.595. The third-order valence-corrected chi connectivity index (χ3v) is 6.09. The Hall–Kier alpha value is -1.77. The van der Waals surface area contributed by atoms with E-state index < -0.39 is 30.1 Å². The fraction of sp³-hybridized carbons (Fsp3) is 0.609. The maximum atomic E-state index is 11.7. The average molecular weight is 418 g/mol. The Morgan fingerprint density at radius 3 is 2.83 bits per heavy atom. The van der Waals surface area contributed by atoms with E-state index in [1.54, 1.807) is 13.0 Å². The molecule has 1 aromatic rings. The van der Waals surface area contributed by atoms with Crippen molar-refractivity contribution in [3.8, 4) is 0 Å². The first-order chi connectivity index (χ1) is 14.5. The van der Waals surface area contributed by atoms with Gasteiger partial charge in [0.1, 0.15) is 12.2 Å². The molecule has 7 atom stereocenters. The van der Waals surface area contributed by atoms with Crippen LogP contribution in [0.25, 0.3) is 0 Å². The minimum absolute atomic E-state index is 0.174. The van der Waals surface area contributed by atoms with Gasteiger partial charge in [0.25, 0.3) is 0 Å². The maximum absolute atomic E-state index is 11.7. The Bertz CT molecular complexity index is 751. The number of carbonyl (C=O) groups excluding carboxylic acids is 1. The third kappa shape index (κ3) is 4.60. The van der Waals surface area contributed by atoms with Crippen molar-refractivity contribution in [2.45, 2.75) is 75.5 Å². The van der Waals surface area contributed by atoms with Crippen LogP contribution >= 0.6 is 0 Å². The van der Waals surface area contributed by atoms with Gasteiger partial charge in [-0.15, -0.1) is 0 Å². The molecule has 4 rings (SSSR count). The molecule has 3 heterocycles. The van der Waals surface area contributed by atoms with E-state index >= 15 is 0 Å². The summed E-state index contributed by atoms with van der Waals surface area (Å²) in [7, 11) is 0. The highest BCUT2D eigenvalue weighted by atomic mass is 16.7. The van der Waals surface area contributed by atoms with E-state index in [0.717, 1.165) is 5.56 Å². The Kier molecular flexibility index (Phi) is 6.55. The number of hydrogen-bond acceptors (Lipinski definition) is 7. The van der Waals surface area contributed by atoms with Crippen molar-refractivity contribution >= 4 is 5.97 Å². The van der Waals surface area contributed by atoms with Gasteiger partial charge in [-0.2, -0.15) is 0 Å². The summed E-state index contributed by atoms with van der Waals surface area (Å²) < 4.78 is 29.7. The molecule has 0 bridgehead atoms. The van der Waals surface area contributed by atoms with Crippen LogP contribution in [0.4, 0.5) is 0 Å². The predicted molar refractivity (Wildman–Crippen MR) is 108 cm³/mol. The fourth-order valence-electron chi connectivity index (χ4n) is 4.40. The molecule has 0 radical (unpaired) electrons. The summed E-state index contributed by atoms with van der Waals surface area (Å²) in [5, 5.41) is 10.6. The van der Waals surface area contributed by atoms with Crippen LogP contribution in [-0.4, -0.2) is 60.4 Å². The Morgan fingerprint density at radius 2 is 2.07 bits per heavy atom. The molecule has 0 saturated carbocycles. The van der Waals surface area contributed by atoms with E-state index in [-0.39, 0.29) is 18.3 Å². The zero-order chi connectivity index (χ0) is 21.1. The van der Waals surface area contributed by atoms with Gasteiger partial charge in [0.2, 0.25) is 0 Å². The van der Waals surface area contributed by atoms with Crippen LogP contribution in [0.15, 0.2) is 42.5 Å². The van der Waals surface area contributed by atoms with Gasteiger partial charge < -0.3 is 28.8 Å². The number of rotatable bonds is 4. The van der Waals surface area contributed by atoms with E-state index in [9.17, 15) is 9.90 Å². The predicted octanol–water partition coefficient (Wildman–Crippen LogP) is 2.68. The summed E-state index contributed by atoms with van der Waals surface area (Å²) >= 11 is 0. The summed E-state index contributed by atoms with van der Waals surface area (Å²) in [6.07, 6.45) is 2.30. The smallest absolute Gasteiger partial charge is 0.330 e. The monoisotopic (exact) mass is 418 g/mol. The molecule has 3 saturated heterocycles. The Balaban J connectivity index is 1.47. The molecule has 164 valence electrons. The highest BCUT2D eigenvalue weighted by Gasteiger charge is 2.51. The van der Waals surface area contributed by atoms with Crippen molar-refractivity contribution in [3.05, 3.63) is 48.0 Å². The van der Waals surface area contributed by atoms with E-state index in [4.69, 9.17) is 23.7 Å². The van der Waals surface area contributed by atoms with Crippen LogP contribution in [0.3, 0.4) is 0 Å². The number of hydrogen-bond donors (Lipinski definition) is 1. The largest absolute Gasteiger partial charge is 0.463 e. The van der Waals surface area contributed by atoms with Crippen molar-refractivity contribution in [2.24, 2.45) is 0 Å². The van der Waals surface area contributed by atoms with Gasteiger partial charge in [-0.05, 0) is 32.8 Å². The number of esters is 1. The first kappa shape index (κ1) is 21.5. The molecule has 3 fully saturated rings. The molecule has 7 heteroatoms. The minimum atomic E-state index is -0.724. The lowest BCUT2D eigenvalue weighted by atomic mass is 9.84. The zero-order valence-electron chi connectivity index (χ0n) is 17.4. The van der Waals surface area contributed by atoms with Gasteiger partial charge in [-0.3, -0.25) is 0 Å². The van der Waals surface area contributed by atoms with Crippen LogP contribution in [-0.2, 0) is 28.5 Å². The molecule has 1 unspecified atom stereocenters. The lowest BCUT2D eigenvalue weighted by molar-refractivity contribution is -0.325. The van der Waals surface area contributed by atoms with Crippen molar-refractivity contribution in [2.75, 3.05) is 13.2 Å². The second kappa shape index (κ2) is 9.16. The van der Waals surface area contributed by atoms with E-state index in [2.05, 4.69) is 0 Å². The minimum Gasteiger partial charge on any atom is -0.463 e. The highest BCUT2D eigenvalue weighted by molar-refractivity contribution is 5.81. The van der Waals surface area contributed by atoms with Crippen LogP contribution in [0.1, 0.15) is 45.0 Å². The van der Waals surface area contributed by atoms with Crippen LogP contribution < -0.4 is 0 Å². The Labute approximate surface area is 176 Å². The van der Waals surface area contributed by atoms with Gasteiger partial charge in [0.15, 0.2) is 6.29 Å². The van der Waals surface area contributed by atoms with Gasteiger partial charge in [0.05, 0.1) is 37.1 Å². The van der Waals surface area contributed by atoms with Crippen molar-refractivity contribution in [3.63, 3.8) is 0 Å². The van der Waals surface area contributed by atoms with Gasteiger partial charge >= 0.3 is 5.97 Å². The van der Waals surface area contributed by atoms with Crippen molar-refractivity contribution in [1.29, 1.82) is 0 Å². The molecule has 3 aliphatic rings. The molecule has 3 aliphatic heterocycles. The topological polar surface area (TPSA) is 83.5 Å². The van der Waals surface area contributed by atoms with Crippen LogP contribution in [0.5, 0.6) is 0 Å². The molecule has 1 N–H and O–H groups in total. The molecule has 0 aromatic heterocycles. The van der Waals surface area contributed by atoms with Gasteiger partial charge in [-0.25, -0.2) is 4.79 Å². The van der Waals surface area contributed by atoms with Crippen LogP contribution in [0, 0.1) is 0 Å². The SMILES string of the molecule is CCOC(=O)/C=C/C1O[C@@H]2C[C@@H]3O[C@H](c4ccccc4)OC[C@H]3O[C@@]2(C)CC[C@H]1O. The molecular weight excluding hydrogens is 388 g/mol. The molecule has 0 spiro atoms. The normalized spacial score (nSPS) is 39.0. The number of aliphatic hydroxyl groups is 1. The van der Waals surface area contributed by atoms with Crippen LogP contribution in [0.2, 0.25) is 0 Å². The summed E-state index contributed by atoms with van der Waals surface area (Å²) in [6, 6.07) is 9.83. The van der Waals surface area contributed by atoms with E-state index in [1.807, 2.05) is 37.3 Å². The zero-order valence-corrected chi connectivity index (χ0v) is 17.4. The van der Waals surface area contributed by atoms with Gasteiger partial charge in [-0.1, -0.05) is 30.3 Å². The summed E-state index contributed by atoms with van der Waals surface area (Å²) in [5.74, 6) is -0.446. The number of benzene rings is 1. The Morgan fingerprint density at radius 1 is 1.27 bits per heavy atom. The second-order valence-corrected chi connectivity index (χ2v) is 8.26. The molecular formula is C23H30O7. The molecule has 0 amide bonds. The third-order valence-electron chi connectivity index (χ3n) is 6.09. The molecule has 7 nitrogen and oxygen atoms in total. The van der Waals surface area contributed by atoms with Crippen molar-refractivity contribution < 1.29 is 33.6 Å². The average Bonchev–Trinajstić information content (AvgIpc) is 2.87. The molecule has 0 aliphatic carbocycles. The lowest BCUT2D eigenvalue weighted by Crippen LogP contribution is -2.59. The highest BCUT2D eigenvalue weighted by Crippen LogP contribution is 2.43. The molecule has 30 heavy (non-hydrogen) atoms. The molecule has 1 aromatic carbocycles. The summed E-state index contributed by atoms with van der Waals surface area (Å²) in [6.45, 7) is 4.51. The lowest BCUT2D eigenvalue weighted by Gasteiger charge is -2.50. The summed E-state index contributed by atoms with van der Waals surface area (Å²) in [5.41, 5.74) is 0.415. The van der Waals surface area contributed by atoms with E-state index in [0.29, 0.717) is 32.5 Å². The number of ether oxygens (including phenoxy) is 5. The summed E-state index contributed by atoms with van der Waals surface area (Å²) in [4.78, 5) is 11.7. The fourth-order valence-corrected chi connectivity index (χ4v) is 4.40. The second-order valence-electron chi connectivity index (χ2n) is 8.26. The van der Waals surface area contributed by atoms with Crippen molar-refractivity contribution in [1.82, 2.24) is 0 Å². The number of fused-ring (bicyclic) bond motifs is 2. The van der Waals surface area contributed by atoms with E-state index in [1.165, 1.54) is 6.08 Å².